The third-order valence-electron chi connectivity index (χ3n) is 4.80. The zero-order valence-corrected chi connectivity index (χ0v) is 15.7. The van der Waals surface area contributed by atoms with E-state index in [2.05, 4.69) is 4.90 Å². The molecule has 6 heteroatoms. The van der Waals surface area contributed by atoms with E-state index in [4.69, 9.17) is 20.8 Å². The highest BCUT2D eigenvalue weighted by Crippen LogP contribution is 2.23. The molecule has 5 nitrogen and oxygen atoms in total. The van der Waals surface area contributed by atoms with Gasteiger partial charge in [-0.2, -0.15) is 0 Å². The van der Waals surface area contributed by atoms with Crippen LogP contribution < -0.4 is 4.74 Å². The Balaban J connectivity index is 1.27. The van der Waals surface area contributed by atoms with E-state index < -0.39 is 0 Å². The van der Waals surface area contributed by atoms with Crippen molar-refractivity contribution in [2.24, 2.45) is 0 Å². The second kappa shape index (κ2) is 8.03. The number of rotatable bonds is 5. The Bertz CT molecular complexity index is 899. The molecule has 0 unspecified atom stereocenters. The molecule has 3 aromatic rings. The summed E-state index contributed by atoms with van der Waals surface area (Å²) in [5, 5.41) is 1.58. The van der Waals surface area contributed by atoms with Crippen molar-refractivity contribution in [2.45, 2.75) is 0 Å². The van der Waals surface area contributed by atoms with Crippen LogP contribution in [0.2, 0.25) is 5.02 Å². The van der Waals surface area contributed by atoms with E-state index in [9.17, 15) is 4.79 Å². The van der Waals surface area contributed by atoms with Crippen LogP contribution in [0.4, 0.5) is 0 Å². The number of para-hydroxylation sites is 2. The lowest BCUT2D eigenvalue weighted by molar-refractivity contribution is 0.0592. The quantitative estimate of drug-likeness (QED) is 0.668. The van der Waals surface area contributed by atoms with Gasteiger partial charge in [0.2, 0.25) is 0 Å². The molecule has 1 amide bonds. The maximum Gasteiger partial charge on any atom is 0.289 e. The van der Waals surface area contributed by atoms with Crippen LogP contribution in [-0.2, 0) is 0 Å². The number of benzene rings is 2. The zero-order valence-electron chi connectivity index (χ0n) is 14.9. The highest BCUT2D eigenvalue weighted by Gasteiger charge is 2.24. The van der Waals surface area contributed by atoms with Crippen molar-refractivity contribution >= 4 is 28.5 Å². The van der Waals surface area contributed by atoms with E-state index in [0.717, 1.165) is 30.6 Å². The molecule has 27 heavy (non-hydrogen) atoms. The van der Waals surface area contributed by atoms with E-state index in [0.29, 0.717) is 36.2 Å². The van der Waals surface area contributed by atoms with Crippen LogP contribution in [0.1, 0.15) is 10.6 Å². The summed E-state index contributed by atoms with van der Waals surface area (Å²) < 4.78 is 11.4. The topological polar surface area (TPSA) is 45.9 Å². The summed E-state index contributed by atoms with van der Waals surface area (Å²) in [7, 11) is 0. The number of furan rings is 1. The van der Waals surface area contributed by atoms with Gasteiger partial charge in [-0.05, 0) is 24.3 Å². The molecule has 0 N–H and O–H groups in total. The molecule has 2 aromatic carbocycles. The van der Waals surface area contributed by atoms with Crippen LogP contribution >= 0.6 is 11.6 Å². The molecule has 140 valence electrons. The van der Waals surface area contributed by atoms with Gasteiger partial charge < -0.3 is 14.1 Å². The number of carbonyl (C=O) groups excluding carboxylic acids is 1. The second-order valence-corrected chi connectivity index (χ2v) is 6.97. The van der Waals surface area contributed by atoms with Gasteiger partial charge in [0.25, 0.3) is 5.91 Å². The maximum absolute atomic E-state index is 12.7. The molecule has 1 aromatic heterocycles. The molecular weight excluding hydrogens is 364 g/mol. The Morgan fingerprint density at radius 1 is 1.04 bits per heavy atom. The van der Waals surface area contributed by atoms with E-state index in [-0.39, 0.29) is 5.91 Å². The number of piperazine rings is 1. The van der Waals surface area contributed by atoms with Crippen molar-refractivity contribution in [1.82, 2.24) is 9.80 Å². The molecule has 0 aliphatic carbocycles. The van der Waals surface area contributed by atoms with E-state index in [1.165, 1.54) is 0 Å². The van der Waals surface area contributed by atoms with Gasteiger partial charge in [-0.25, -0.2) is 0 Å². The third kappa shape index (κ3) is 4.10. The van der Waals surface area contributed by atoms with Crippen molar-refractivity contribution in [3.8, 4) is 5.75 Å². The smallest absolute Gasteiger partial charge is 0.289 e. The Kier molecular flexibility index (Phi) is 5.32. The summed E-state index contributed by atoms with van der Waals surface area (Å²) >= 11 is 6.10. The van der Waals surface area contributed by atoms with Crippen molar-refractivity contribution in [3.05, 3.63) is 65.4 Å². The van der Waals surface area contributed by atoms with Crippen LogP contribution in [0.25, 0.3) is 11.0 Å². The molecule has 0 spiro atoms. The van der Waals surface area contributed by atoms with Gasteiger partial charge in [0.1, 0.15) is 17.9 Å². The largest absolute Gasteiger partial charge is 0.491 e. The minimum absolute atomic E-state index is 0.0434. The summed E-state index contributed by atoms with van der Waals surface area (Å²) in [6, 6.07) is 17.0. The van der Waals surface area contributed by atoms with Crippen LogP contribution in [0.3, 0.4) is 0 Å². The molecule has 1 saturated heterocycles. The number of ether oxygens (including phenoxy) is 1. The first-order valence-electron chi connectivity index (χ1n) is 9.08. The summed E-state index contributed by atoms with van der Waals surface area (Å²) in [5.74, 6) is 1.07. The van der Waals surface area contributed by atoms with Gasteiger partial charge in [0.15, 0.2) is 5.76 Å². The SMILES string of the molecule is O=C(c1cc2ccccc2o1)N1CCN(CCOc2ccccc2Cl)CC1. The summed E-state index contributed by atoms with van der Waals surface area (Å²) in [6.45, 7) is 4.37. The van der Waals surface area contributed by atoms with Gasteiger partial charge in [0.05, 0.1) is 5.02 Å². The first kappa shape index (κ1) is 17.9. The fourth-order valence-electron chi connectivity index (χ4n) is 3.26. The average Bonchev–Trinajstić information content (AvgIpc) is 3.14. The number of fused-ring (bicyclic) bond motifs is 1. The number of carbonyl (C=O) groups is 1. The summed E-state index contributed by atoms with van der Waals surface area (Å²) in [6.07, 6.45) is 0. The predicted octanol–water partition coefficient (Wildman–Crippen LogP) is 3.92. The fraction of sp³-hybridized carbons (Fsp3) is 0.286. The fourth-order valence-corrected chi connectivity index (χ4v) is 3.45. The van der Waals surface area contributed by atoms with Crippen molar-refractivity contribution in [2.75, 3.05) is 39.3 Å². The van der Waals surface area contributed by atoms with Gasteiger partial charge in [-0.1, -0.05) is 41.9 Å². The minimum Gasteiger partial charge on any atom is -0.491 e. The van der Waals surface area contributed by atoms with Crippen molar-refractivity contribution < 1.29 is 13.9 Å². The van der Waals surface area contributed by atoms with E-state index in [1.807, 2.05) is 59.5 Å². The monoisotopic (exact) mass is 384 g/mol. The molecule has 0 bridgehead atoms. The Labute approximate surface area is 163 Å². The van der Waals surface area contributed by atoms with Crippen molar-refractivity contribution in [3.63, 3.8) is 0 Å². The Hall–Kier alpha value is -2.50. The molecule has 4 rings (SSSR count). The van der Waals surface area contributed by atoms with E-state index in [1.54, 1.807) is 0 Å². The Morgan fingerprint density at radius 3 is 2.56 bits per heavy atom. The lowest BCUT2D eigenvalue weighted by atomic mass is 10.2. The van der Waals surface area contributed by atoms with Gasteiger partial charge in [0, 0.05) is 38.1 Å². The standard InChI is InChI=1S/C21H21ClN2O3/c22-17-6-2-4-8-19(17)26-14-13-23-9-11-24(12-10-23)21(25)20-15-16-5-1-3-7-18(16)27-20/h1-8,15H,9-14H2. The number of halogens is 1. The summed E-state index contributed by atoms with van der Waals surface area (Å²) in [5.41, 5.74) is 0.746. The highest BCUT2D eigenvalue weighted by atomic mass is 35.5. The number of hydrogen-bond donors (Lipinski definition) is 0. The molecule has 2 heterocycles. The molecule has 1 aliphatic rings. The molecule has 1 fully saturated rings. The normalized spacial score (nSPS) is 15.2. The number of amides is 1. The number of hydrogen-bond acceptors (Lipinski definition) is 4. The van der Waals surface area contributed by atoms with Gasteiger partial charge >= 0.3 is 0 Å². The lowest BCUT2D eigenvalue weighted by Crippen LogP contribution is -2.49. The van der Waals surface area contributed by atoms with Crippen LogP contribution in [0, 0.1) is 0 Å². The van der Waals surface area contributed by atoms with Crippen LogP contribution in [0.5, 0.6) is 5.75 Å². The van der Waals surface area contributed by atoms with Gasteiger partial charge in [-0.15, -0.1) is 0 Å². The summed E-state index contributed by atoms with van der Waals surface area (Å²) in [4.78, 5) is 16.8. The zero-order chi connectivity index (χ0) is 18.6. The number of nitrogens with zero attached hydrogens (tertiary/aromatic N) is 2. The van der Waals surface area contributed by atoms with E-state index >= 15 is 0 Å². The molecule has 0 saturated carbocycles. The predicted molar refractivity (Wildman–Crippen MR) is 106 cm³/mol. The van der Waals surface area contributed by atoms with Gasteiger partial charge in [-0.3, -0.25) is 9.69 Å². The maximum atomic E-state index is 12.7. The Morgan fingerprint density at radius 2 is 1.78 bits per heavy atom. The first-order chi connectivity index (χ1) is 13.2. The average molecular weight is 385 g/mol. The first-order valence-corrected chi connectivity index (χ1v) is 9.46. The third-order valence-corrected chi connectivity index (χ3v) is 5.11. The van der Waals surface area contributed by atoms with Crippen LogP contribution in [-0.4, -0.2) is 55.0 Å². The minimum atomic E-state index is -0.0434. The van der Waals surface area contributed by atoms with Crippen molar-refractivity contribution in [1.29, 1.82) is 0 Å². The second-order valence-electron chi connectivity index (χ2n) is 6.56. The highest BCUT2D eigenvalue weighted by molar-refractivity contribution is 6.32. The molecule has 0 atom stereocenters. The molecule has 1 aliphatic heterocycles. The lowest BCUT2D eigenvalue weighted by Gasteiger charge is -2.34. The molecular formula is C21H21ClN2O3. The molecule has 0 radical (unpaired) electrons. The van der Waals surface area contributed by atoms with Crippen LogP contribution in [0.15, 0.2) is 59.0 Å².